The summed E-state index contributed by atoms with van der Waals surface area (Å²) < 4.78 is 14.0. The van der Waals surface area contributed by atoms with Crippen LogP contribution in [0.2, 0.25) is 0 Å². The molecule has 0 spiro atoms. The van der Waals surface area contributed by atoms with E-state index in [1.807, 2.05) is 12.1 Å². The molecule has 1 aliphatic rings. The Bertz CT molecular complexity index is 4480. The molecule has 0 saturated heterocycles. The predicted octanol–water partition coefficient (Wildman–Crippen LogP) is 19.2. The number of nitrogens with zero attached hydrogens (tertiary/aromatic N) is 1. The maximum Gasteiger partial charge on any atom is 0.159 e. The minimum atomic E-state index is -0.180. The minimum absolute atomic E-state index is 0.180. The minimum Gasteiger partial charge on any atom is -0.455 e. The summed E-state index contributed by atoms with van der Waals surface area (Å²) in [6, 6.07) is 81.8. The fourth-order valence-electron chi connectivity index (χ4n) is 12.1. The summed E-state index contributed by atoms with van der Waals surface area (Å²) in [6.07, 6.45) is 0. The first kappa shape index (κ1) is 39.1. The lowest BCUT2D eigenvalue weighted by Crippen LogP contribution is -2.16. The lowest BCUT2D eigenvalue weighted by Gasteiger charge is -2.28. The van der Waals surface area contributed by atoms with Gasteiger partial charge in [0.1, 0.15) is 16.7 Å². The summed E-state index contributed by atoms with van der Waals surface area (Å²) in [4.78, 5) is 2.39. The Morgan fingerprint density at radius 1 is 0.329 bits per heavy atom. The predicted molar refractivity (Wildman–Crippen MR) is 294 cm³/mol. The Morgan fingerprint density at radius 2 is 0.900 bits per heavy atom. The summed E-state index contributed by atoms with van der Waals surface area (Å²) >= 11 is 0. The Morgan fingerprint density at radius 3 is 1.69 bits per heavy atom. The van der Waals surface area contributed by atoms with Gasteiger partial charge in [0.15, 0.2) is 5.58 Å². The molecule has 3 heteroatoms. The molecule has 12 aromatic carbocycles. The molecule has 2 aromatic heterocycles. The maximum absolute atomic E-state index is 7.47. The van der Waals surface area contributed by atoms with E-state index < -0.39 is 0 Å². The van der Waals surface area contributed by atoms with Crippen LogP contribution in [0.5, 0.6) is 0 Å². The van der Waals surface area contributed by atoms with Crippen LogP contribution < -0.4 is 4.90 Å². The normalized spacial score (nSPS) is 13.1. The molecule has 0 N–H and O–H groups in total. The van der Waals surface area contributed by atoms with E-state index in [2.05, 4.69) is 231 Å². The van der Waals surface area contributed by atoms with Crippen LogP contribution in [0.25, 0.3) is 120 Å². The van der Waals surface area contributed by atoms with Crippen molar-refractivity contribution in [2.45, 2.75) is 19.3 Å². The number of benzene rings is 12. The first-order valence-corrected chi connectivity index (χ1v) is 24.2. The van der Waals surface area contributed by atoms with Gasteiger partial charge in [-0.15, -0.1) is 0 Å². The van der Waals surface area contributed by atoms with E-state index in [0.717, 1.165) is 88.6 Å². The third kappa shape index (κ3) is 5.52. The number of para-hydroxylation sites is 3. The van der Waals surface area contributed by atoms with Crippen LogP contribution in [0.15, 0.2) is 233 Å². The summed E-state index contributed by atoms with van der Waals surface area (Å²) in [5.41, 5.74) is 16.0. The van der Waals surface area contributed by atoms with Crippen LogP contribution in [-0.2, 0) is 5.41 Å². The molecular weight excluding hydrogens is 851 g/mol. The molecule has 0 aliphatic heterocycles. The van der Waals surface area contributed by atoms with Crippen molar-refractivity contribution in [3.8, 4) is 33.4 Å². The molecule has 0 fully saturated rings. The van der Waals surface area contributed by atoms with Gasteiger partial charge in [0.05, 0.1) is 5.69 Å². The SMILES string of the molecule is CC1(C)c2ccccc2-c2ccc(N(c3ccc(-c4cccc5c4oc4ccccc45)cc3)c3cccc4c3oc3c(-c5ccc6c7ccccc7c7ccccc7c6c5)c5ccccc5cc34)cc21. The lowest BCUT2D eigenvalue weighted by molar-refractivity contribution is 0.660. The van der Waals surface area contributed by atoms with Crippen LogP contribution in [0.4, 0.5) is 17.1 Å². The quantitative estimate of drug-likeness (QED) is 0.161. The van der Waals surface area contributed by atoms with Crippen LogP contribution in [0, 0.1) is 0 Å². The highest BCUT2D eigenvalue weighted by atomic mass is 16.3. The molecule has 3 nitrogen and oxygen atoms in total. The second-order valence-electron chi connectivity index (χ2n) is 19.5. The molecule has 0 amide bonds. The smallest absolute Gasteiger partial charge is 0.159 e. The lowest BCUT2D eigenvalue weighted by atomic mass is 9.82. The van der Waals surface area contributed by atoms with E-state index in [0.29, 0.717) is 0 Å². The second-order valence-corrected chi connectivity index (χ2v) is 19.5. The van der Waals surface area contributed by atoms with Crippen LogP contribution in [-0.4, -0.2) is 0 Å². The van der Waals surface area contributed by atoms with Crippen molar-refractivity contribution < 1.29 is 8.83 Å². The zero-order valence-electron chi connectivity index (χ0n) is 38.6. The molecule has 70 heavy (non-hydrogen) atoms. The molecule has 15 rings (SSSR count). The standard InChI is InChI=1S/C67H43NO2/c1-67(2)59-26-11-9-21-52(59)53-36-34-44(39-60(53)67)68(43-32-29-40(30-33-43)46-23-13-24-55-54-22-10-12-28-62(54)69-64(46)55)61-27-14-25-56-58-37-41-15-3-4-16-45(41)63(66(58)70-65(56)61)42-31-35-51-49-19-6-5-17-47(49)48-18-7-8-20-50(48)57(51)38-42/h3-39H,1-2H3. The zero-order valence-corrected chi connectivity index (χ0v) is 38.6. The molecule has 0 saturated carbocycles. The van der Waals surface area contributed by atoms with Crippen molar-refractivity contribution in [3.05, 3.63) is 236 Å². The van der Waals surface area contributed by atoms with E-state index in [9.17, 15) is 0 Å². The summed E-state index contributed by atoms with van der Waals surface area (Å²) in [7, 11) is 0. The number of hydrogen-bond donors (Lipinski definition) is 0. The fraction of sp³-hybridized carbons (Fsp3) is 0.0448. The fourth-order valence-corrected chi connectivity index (χ4v) is 12.1. The second kappa shape index (κ2) is 14.5. The third-order valence-electron chi connectivity index (χ3n) is 15.4. The number of rotatable bonds is 5. The average molecular weight is 894 g/mol. The largest absolute Gasteiger partial charge is 0.455 e. The average Bonchev–Trinajstić information content (AvgIpc) is 4.06. The van der Waals surface area contributed by atoms with Gasteiger partial charge in [-0.05, 0) is 125 Å². The van der Waals surface area contributed by atoms with Gasteiger partial charge >= 0.3 is 0 Å². The Balaban J connectivity index is 0.961. The topological polar surface area (TPSA) is 29.5 Å². The van der Waals surface area contributed by atoms with Crippen molar-refractivity contribution in [1.29, 1.82) is 0 Å². The Hall–Kier alpha value is -8.92. The van der Waals surface area contributed by atoms with Gasteiger partial charge < -0.3 is 13.7 Å². The monoisotopic (exact) mass is 893 g/mol. The first-order valence-electron chi connectivity index (χ1n) is 24.2. The molecule has 0 atom stereocenters. The maximum atomic E-state index is 7.47. The van der Waals surface area contributed by atoms with Gasteiger partial charge in [0.25, 0.3) is 0 Å². The van der Waals surface area contributed by atoms with Gasteiger partial charge in [-0.3, -0.25) is 0 Å². The van der Waals surface area contributed by atoms with Crippen molar-refractivity contribution in [2.24, 2.45) is 0 Å². The van der Waals surface area contributed by atoms with Crippen molar-refractivity contribution in [1.82, 2.24) is 0 Å². The molecule has 1 aliphatic carbocycles. The number of hydrogen-bond acceptors (Lipinski definition) is 3. The number of furan rings is 2. The molecule has 0 bridgehead atoms. The van der Waals surface area contributed by atoms with Crippen molar-refractivity contribution >= 4 is 104 Å². The van der Waals surface area contributed by atoms with Crippen molar-refractivity contribution in [2.75, 3.05) is 4.90 Å². The zero-order chi connectivity index (χ0) is 46.2. The van der Waals surface area contributed by atoms with E-state index in [-0.39, 0.29) is 5.41 Å². The van der Waals surface area contributed by atoms with Crippen molar-refractivity contribution in [3.63, 3.8) is 0 Å². The highest BCUT2D eigenvalue weighted by Crippen LogP contribution is 2.52. The molecule has 328 valence electrons. The van der Waals surface area contributed by atoms with E-state index in [4.69, 9.17) is 8.83 Å². The number of anilines is 3. The van der Waals surface area contributed by atoms with Crippen LogP contribution in [0.1, 0.15) is 25.0 Å². The third-order valence-corrected chi connectivity index (χ3v) is 15.4. The van der Waals surface area contributed by atoms with Gasteiger partial charge in [0.2, 0.25) is 0 Å². The summed E-state index contributed by atoms with van der Waals surface area (Å²) in [5.74, 6) is 0. The van der Waals surface area contributed by atoms with E-state index in [1.165, 1.54) is 60.0 Å². The Kier molecular flexibility index (Phi) is 8.13. The summed E-state index contributed by atoms with van der Waals surface area (Å²) in [6.45, 7) is 4.70. The van der Waals surface area contributed by atoms with Gasteiger partial charge in [0, 0.05) is 49.5 Å². The highest BCUT2D eigenvalue weighted by Gasteiger charge is 2.36. The van der Waals surface area contributed by atoms with E-state index in [1.54, 1.807) is 0 Å². The molecule has 2 heterocycles. The van der Waals surface area contributed by atoms with Crippen LogP contribution in [0.3, 0.4) is 0 Å². The first-order chi connectivity index (χ1) is 34.5. The number of fused-ring (bicyclic) bond motifs is 16. The van der Waals surface area contributed by atoms with Gasteiger partial charge in [-0.25, -0.2) is 0 Å². The molecule has 14 aromatic rings. The molecular formula is C67H43NO2. The van der Waals surface area contributed by atoms with Gasteiger partial charge in [-0.2, -0.15) is 0 Å². The summed E-state index contributed by atoms with van der Waals surface area (Å²) in [5, 5.41) is 14.3. The van der Waals surface area contributed by atoms with Gasteiger partial charge in [-0.1, -0.05) is 190 Å². The van der Waals surface area contributed by atoms with Crippen LogP contribution >= 0.6 is 0 Å². The Labute approximate surface area is 404 Å². The highest BCUT2D eigenvalue weighted by molar-refractivity contribution is 6.27. The molecule has 0 radical (unpaired) electrons. The molecule has 0 unspecified atom stereocenters. The van der Waals surface area contributed by atoms with E-state index >= 15 is 0 Å².